The van der Waals surface area contributed by atoms with Gasteiger partial charge in [0.1, 0.15) is 0 Å². The van der Waals surface area contributed by atoms with Crippen LogP contribution in [0.2, 0.25) is 0 Å². The lowest BCUT2D eigenvalue weighted by molar-refractivity contribution is -0.128. The molecule has 0 aliphatic carbocycles. The monoisotopic (exact) mass is 493 g/mol. The van der Waals surface area contributed by atoms with Crippen LogP contribution in [-0.4, -0.2) is 67.3 Å². The molecule has 1 N–H and O–H groups in total. The van der Waals surface area contributed by atoms with Crippen LogP contribution < -0.4 is 5.32 Å². The first-order chi connectivity index (χ1) is 17.4. The van der Waals surface area contributed by atoms with E-state index in [0.29, 0.717) is 12.1 Å². The van der Waals surface area contributed by atoms with Crippen LogP contribution in [0.15, 0.2) is 54.6 Å². The number of benzene rings is 2. The molecule has 5 heteroatoms. The molecule has 36 heavy (non-hydrogen) atoms. The lowest BCUT2D eigenvalue weighted by Crippen LogP contribution is -2.61. The average molecular weight is 494 g/mol. The van der Waals surface area contributed by atoms with Gasteiger partial charge in [-0.05, 0) is 69.8 Å². The van der Waals surface area contributed by atoms with Gasteiger partial charge in [-0.3, -0.25) is 9.80 Å². The van der Waals surface area contributed by atoms with Gasteiger partial charge < -0.3 is 14.8 Å². The van der Waals surface area contributed by atoms with E-state index in [0.717, 1.165) is 65.1 Å². The number of ether oxygens (including phenoxy) is 2. The SMILES string of the molecule is CC[C@]1(N2CCN(Cc3cccc(COC(CCNC)c4ccccc4)c3)CC2)CCOC(C)(C)C1. The maximum Gasteiger partial charge on any atom is 0.0841 e. The van der Waals surface area contributed by atoms with Gasteiger partial charge in [0, 0.05) is 44.9 Å². The van der Waals surface area contributed by atoms with E-state index in [1.165, 1.54) is 23.1 Å². The maximum atomic E-state index is 6.41. The molecule has 0 aromatic heterocycles. The summed E-state index contributed by atoms with van der Waals surface area (Å²) in [6.45, 7) is 14.9. The molecule has 2 aliphatic rings. The third-order valence-electron chi connectivity index (χ3n) is 8.19. The predicted octanol–water partition coefficient (Wildman–Crippen LogP) is 5.41. The largest absolute Gasteiger partial charge is 0.375 e. The van der Waals surface area contributed by atoms with Gasteiger partial charge in [0.2, 0.25) is 0 Å². The van der Waals surface area contributed by atoms with Gasteiger partial charge >= 0.3 is 0 Å². The Labute approximate surface area is 219 Å². The standard InChI is InChI=1S/C31H47N3O2/c1-5-31(15-21-36-30(2,3)25-31)34-19-17-33(18-20-34)23-26-10-9-11-27(22-26)24-35-29(14-16-32-4)28-12-7-6-8-13-28/h6-13,22,29,32H,5,14-21,23-25H2,1-4H3/t29?,31-/m0/s1. The molecule has 5 nitrogen and oxygen atoms in total. The quantitative estimate of drug-likeness (QED) is 0.453. The molecule has 0 bridgehead atoms. The van der Waals surface area contributed by atoms with Crippen molar-refractivity contribution in [3.63, 3.8) is 0 Å². The van der Waals surface area contributed by atoms with Crippen LogP contribution in [0, 0.1) is 0 Å². The number of nitrogens with zero attached hydrogens (tertiary/aromatic N) is 2. The minimum atomic E-state index is -0.0134. The van der Waals surface area contributed by atoms with Crippen LogP contribution in [0.25, 0.3) is 0 Å². The summed E-state index contributed by atoms with van der Waals surface area (Å²) in [4.78, 5) is 5.39. The van der Waals surface area contributed by atoms with Crippen molar-refractivity contribution in [2.45, 2.75) is 76.9 Å². The van der Waals surface area contributed by atoms with Crippen LogP contribution in [0.3, 0.4) is 0 Å². The maximum absolute atomic E-state index is 6.41. The van der Waals surface area contributed by atoms with E-state index in [4.69, 9.17) is 9.47 Å². The van der Waals surface area contributed by atoms with Crippen LogP contribution in [0.1, 0.15) is 69.2 Å². The minimum absolute atomic E-state index is 0.0134. The van der Waals surface area contributed by atoms with Crippen molar-refractivity contribution in [3.05, 3.63) is 71.3 Å². The van der Waals surface area contributed by atoms with Crippen molar-refractivity contribution in [3.8, 4) is 0 Å². The molecule has 2 aliphatic heterocycles. The molecule has 2 aromatic rings. The molecular weight excluding hydrogens is 446 g/mol. The van der Waals surface area contributed by atoms with E-state index >= 15 is 0 Å². The molecule has 2 fully saturated rings. The van der Waals surface area contributed by atoms with E-state index in [1.807, 2.05) is 7.05 Å². The summed E-state index contributed by atoms with van der Waals surface area (Å²) in [6, 6.07) is 19.6. The van der Waals surface area contributed by atoms with Crippen LogP contribution in [0.4, 0.5) is 0 Å². The molecular formula is C31H47N3O2. The smallest absolute Gasteiger partial charge is 0.0841 e. The summed E-state index contributed by atoms with van der Waals surface area (Å²) in [6.07, 6.45) is 4.58. The zero-order valence-corrected chi connectivity index (χ0v) is 23.0. The summed E-state index contributed by atoms with van der Waals surface area (Å²) >= 11 is 0. The van der Waals surface area contributed by atoms with E-state index in [9.17, 15) is 0 Å². The molecule has 2 aromatic carbocycles. The highest BCUT2D eigenvalue weighted by atomic mass is 16.5. The second-order valence-electron chi connectivity index (χ2n) is 11.3. The highest BCUT2D eigenvalue weighted by molar-refractivity contribution is 5.23. The first kappa shape index (κ1) is 27.3. The number of rotatable bonds is 11. The Kier molecular flexibility index (Phi) is 9.59. The van der Waals surface area contributed by atoms with Gasteiger partial charge in [0.05, 0.1) is 18.3 Å². The summed E-state index contributed by atoms with van der Waals surface area (Å²) in [7, 11) is 2.00. The zero-order chi connectivity index (χ0) is 25.4. The molecule has 0 radical (unpaired) electrons. The topological polar surface area (TPSA) is 37.0 Å². The summed E-state index contributed by atoms with van der Waals surface area (Å²) in [5.41, 5.74) is 4.17. The molecule has 2 atom stereocenters. The Balaban J connectivity index is 1.31. The Morgan fingerprint density at radius 2 is 1.75 bits per heavy atom. The summed E-state index contributed by atoms with van der Waals surface area (Å²) < 4.78 is 12.5. The number of hydrogen-bond acceptors (Lipinski definition) is 5. The van der Waals surface area contributed by atoms with Crippen molar-refractivity contribution in [1.29, 1.82) is 0 Å². The van der Waals surface area contributed by atoms with E-state index in [2.05, 4.69) is 90.5 Å². The Morgan fingerprint density at radius 1 is 1.00 bits per heavy atom. The molecule has 2 heterocycles. The zero-order valence-electron chi connectivity index (χ0n) is 23.0. The van der Waals surface area contributed by atoms with E-state index in [-0.39, 0.29) is 11.7 Å². The van der Waals surface area contributed by atoms with Crippen molar-refractivity contribution in [1.82, 2.24) is 15.1 Å². The van der Waals surface area contributed by atoms with Gasteiger partial charge in [0.25, 0.3) is 0 Å². The number of hydrogen-bond donors (Lipinski definition) is 1. The summed E-state index contributed by atoms with van der Waals surface area (Å²) in [5.74, 6) is 0. The van der Waals surface area contributed by atoms with Crippen LogP contribution >= 0.6 is 0 Å². The summed E-state index contributed by atoms with van der Waals surface area (Å²) in [5, 5.41) is 3.26. The minimum Gasteiger partial charge on any atom is -0.375 e. The Bertz CT molecular complexity index is 926. The highest BCUT2D eigenvalue weighted by Gasteiger charge is 2.44. The van der Waals surface area contributed by atoms with Crippen molar-refractivity contribution >= 4 is 0 Å². The fourth-order valence-corrected chi connectivity index (χ4v) is 6.19. The van der Waals surface area contributed by atoms with Gasteiger partial charge in [-0.2, -0.15) is 0 Å². The van der Waals surface area contributed by atoms with Crippen molar-refractivity contribution in [2.24, 2.45) is 0 Å². The first-order valence-corrected chi connectivity index (χ1v) is 13.9. The fraction of sp³-hybridized carbons (Fsp3) is 0.613. The molecule has 198 valence electrons. The molecule has 0 spiro atoms. The Morgan fingerprint density at radius 3 is 2.44 bits per heavy atom. The van der Waals surface area contributed by atoms with Gasteiger partial charge in [-0.25, -0.2) is 0 Å². The second kappa shape index (κ2) is 12.7. The first-order valence-electron chi connectivity index (χ1n) is 13.9. The predicted molar refractivity (Wildman–Crippen MR) is 148 cm³/mol. The van der Waals surface area contributed by atoms with Crippen LogP contribution in [0.5, 0.6) is 0 Å². The average Bonchev–Trinajstić information content (AvgIpc) is 2.89. The molecule has 0 saturated carbocycles. The molecule has 1 unspecified atom stereocenters. The highest BCUT2D eigenvalue weighted by Crippen LogP contribution is 2.39. The van der Waals surface area contributed by atoms with Gasteiger partial charge in [-0.1, -0.05) is 61.5 Å². The lowest BCUT2D eigenvalue weighted by Gasteiger charge is -2.53. The fourth-order valence-electron chi connectivity index (χ4n) is 6.19. The van der Waals surface area contributed by atoms with E-state index < -0.39 is 0 Å². The van der Waals surface area contributed by atoms with Crippen LogP contribution in [-0.2, 0) is 22.6 Å². The van der Waals surface area contributed by atoms with Crippen molar-refractivity contribution in [2.75, 3.05) is 46.4 Å². The molecule has 0 amide bonds. The van der Waals surface area contributed by atoms with E-state index in [1.54, 1.807) is 0 Å². The normalized spacial score (nSPS) is 24.0. The number of piperazine rings is 1. The second-order valence-corrected chi connectivity index (χ2v) is 11.3. The Hall–Kier alpha value is -1.76. The van der Waals surface area contributed by atoms with Gasteiger partial charge in [0.15, 0.2) is 0 Å². The number of nitrogens with one attached hydrogen (secondary N) is 1. The molecule has 4 rings (SSSR count). The van der Waals surface area contributed by atoms with Crippen molar-refractivity contribution < 1.29 is 9.47 Å². The van der Waals surface area contributed by atoms with Gasteiger partial charge in [-0.15, -0.1) is 0 Å². The third kappa shape index (κ3) is 7.17. The lowest BCUT2D eigenvalue weighted by atomic mass is 9.77. The third-order valence-corrected chi connectivity index (χ3v) is 8.19. The molecule has 2 saturated heterocycles.